The molecule has 1 aliphatic rings. The molecule has 4 nitrogen and oxygen atoms in total. The molecule has 0 bridgehead atoms. The predicted molar refractivity (Wildman–Crippen MR) is 80.2 cm³/mol. The van der Waals surface area contributed by atoms with E-state index in [1.54, 1.807) is 30.3 Å². The fraction of sp³-hybridized carbons (Fsp3) is 0.357. The normalized spacial score (nSPS) is 21.6. The Hall–Kier alpha value is -1.45. The molecule has 1 atom stereocenters. The number of aromatic nitrogens is 1. The van der Waals surface area contributed by atoms with E-state index in [4.69, 9.17) is 0 Å². The second kappa shape index (κ2) is 5.88. The Morgan fingerprint density at radius 3 is 2.57 bits per heavy atom. The maximum absolute atomic E-state index is 12.6. The van der Waals surface area contributed by atoms with E-state index in [1.165, 1.54) is 4.31 Å². The van der Waals surface area contributed by atoms with Crippen molar-refractivity contribution in [1.82, 2.24) is 9.29 Å². The number of sulfonamides is 1. The number of benzene rings is 1. The van der Waals surface area contributed by atoms with Crippen LogP contribution < -0.4 is 0 Å². The zero-order chi connectivity index (χ0) is 16.7. The van der Waals surface area contributed by atoms with Crippen LogP contribution >= 0.6 is 11.3 Å². The summed E-state index contributed by atoms with van der Waals surface area (Å²) in [5.41, 5.74) is -0.279. The molecule has 0 radical (unpaired) electrons. The van der Waals surface area contributed by atoms with E-state index < -0.39 is 27.1 Å². The summed E-state index contributed by atoms with van der Waals surface area (Å²) in [5, 5.41) is 0.410. The first-order valence-electron chi connectivity index (χ1n) is 6.84. The quantitative estimate of drug-likeness (QED) is 0.840. The van der Waals surface area contributed by atoms with Crippen LogP contribution in [0.25, 0.3) is 0 Å². The predicted octanol–water partition coefficient (Wildman–Crippen LogP) is 3.44. The number of rotatable bonds is 3. The number of thiazole rings is 1. The smallest absolute Gasteiger partial charge is 0.235 e. The minimum atomic E-state index is -4.51. The van der Waals surface area contributed by atoms with E-state index in [0.717, 1.165) is 16.7 Å². The van der Waals surface area contributed by atoms with Crippen molar-refractivity contribution in [2.24, 2.45) is 0 Å². The van der Waals surface area contributed by atoms with E-state index in [9.17, 15) is 21.6 Å². The Labute approximate surface area is 135 Å². The molecule has 0 N–H and O–H groups in total. The molecule has 2 heterocycles. The number of halogens is 3. The monoisotopic (exact) mass is 362 g/mol. The highest BCUT2D eigenvalue weighted by molar-refractivity contribution is 7.89. The summed E-state index contributed by atoms with van der Waals surface area (Å²) in [7, 11) is -3.59. The van der Waals surface area contributed by atoms with Gasteiger partial charge in [0.25, 0.3) is 0 Å². The zero-order valence-electron chi connectivity index (χ0n) is 11.8. The van der Waals surface area contributed by atoms with Gasteiger partial charge in [0.2, 0.25) is 10.0 Å². The van der Waals surface area contributed by atoms with Gasteiger partial charge in [-0.2, -0.15) is 17.5 Å². The van der Waals surface area contributed by atoms with Gasteiger partial charge < -0.3 is 0 Å². The highest BCUT2D eigenvalue weighted by atomic mass is 32.2. The molecule has 3 rings (SSSR count). The molecule has 23 heavy (non-hydrogen) atoms. The average Bonchev–Trinajstić information content (AvgIpc) is 3.06. The van der Waals surface area contributed by atoms with Crippen molar-refractivity contribution in [1.29, 1.82) is 0 Å². The Morgan fingerprint density at radius 1 is 1.26 bits per heavy atom. The van der Waals surface area contributed by atoms with Gasteiger partial charge in [0.1, 0.15) is 10.3 Å². The molecule has 2 aromatic rings. The van der Waals surface area contributed by atoms with Crippen LogP contribution in [0.15, 0.2) is 35.7 Å². The van der Waals surface area contributed by atoms with Gasteiger partial charge in [-0.25, -0.2) is 13.4 Å². The minimum absolute atomic E-state index is 0.119. The van der Waals surface area contributed by atoms with Crippen LogP contribution in [0.3, 0.4) is 0 Å². The highest BCUT2D eigenvalue weighted by Crippen LogP contribution is 2.37. The SMILES string of the molecule is O=S1(=O)C(c2ccccc2)CCN1Cc1nc(C(F)(F)F)cs1. The van der Waals surface area contributed by atoms with E-state index >= 15 is 0 Å². The molecule has 1 saturated heterocycles. The lowest BCUT2D eigenvalue weighted by Crippen LogP contribution is -2.26. The van der Waals surface area contributed by atoms with Crippen LogP contribution in [0.4, 0.5) is 13.2 Å². The van der Waals surface area contributed by atoms with Gasteiger partial charge in [0, 0.05) is 11.9 Å². The van der Waals surface area contributed by atoms with Crippen LogP contribution in [-0.2, 0) is 22.7 Å². The van der Waals surface area contributed by atoms with Crippen molar-refractivity contribution in [2.75, 3.05) is 6.54 Å². The van der Waals surface area contributed by atoms with Crippen LogP contribution in [0, 0.1) is 0 Å². The summed E-state index contributed by atoms with van der Waals surface area (Å²) in [6, 6.07) is 8.83. The highest BCUT2D eigenvalue weighted by Gasteiger charge is 2.40. The van der Waals surface area contributed by atoms with Crippen LogP contribution in [0.2, 0.25) is 0 Å². The van der Waals surface area contributed by atoms with Crippen molar-refractivity contribution < 1.29 is 21.6 Å². The third-order valence-electron chi connectivity index (χ3n) is 3.69. The van der Waals surface area contributed by atoms with Crippen molar-refractivity contribution >= 4 is 21.4 Å². The molecule has 1 unspecified atom stereocenters. The fourth-order valence-electron chi connectivity index (χ4n) is 2.56. The molecule has 1 aromatic carbocycles. The molecule has 0 aliphatic carbocycles. The second-order valence-electron chi connectivity index (χ2n) is 5.19. The molecular weight excluding hydrogens is 349 g/mol. The third kappa shape index (κ3) is 3.26. The standard InChI is InChI=1S/C14H13F3N2O2S2/c15-14(16,17)12-9-22-13(18-12)8-19-7-6-11(23(19,20)21)10-4-2-1-3-5-10/h1-5,9,11H,6-8H2. The Kier molecular flexibility index (Phi) is 4.19. The molecular formula is C14H13F3N2O2S2. The van der Waals surface area contributed by atoms with Gasteiger partial charge >= 0.3 is 6.18 Å². The lowest BCUT2D eigenvalue weighted by Gasteiger charge is -2.15. The molecule has 0 saturated carbocycles. The maximum Gasteiger partial charge on any atom is 0.434 e. The molecule has 1 fully saturated rings. The Bertz CT molecular complexity index is 788. The summed E-state index contributed by atoms with van der Waals surface area (Å²) in [5.74, 6) is 0. The van der Waals surface area contributed by atoms with Gasteiger partial charge in [-0.05, 0) is 12.0 Å². The first-order chi connectivity index (χ1) is 10.8. The maximum atomic E-state index is 12.6. The molecule has 1 aromatic heterocycles. The zero-order valence-corrected chi connectivity index (χ0v) is 13.5. The van der Waals surface area contributed by atoms with Crippen molar-refractivity contribution in [3.05, 3.63) is 52.0 Å². The van der Waals surface area contributed by atoms with E-state index in [2.05, 4.69) is 4.98 Å². The van der Waals surface area contributed by atoms with Crippen LogP contribution in [0.1, 0.15) is 27.9 Å². The van der Waals surface area contributed by atoms with Gasteiger partial charge in [0.05, 0.1) is 6.54 Å². The number of nitrogens with zero attached hydrogens (tertiary/aromatic N) is 2. The number of hydrogen-bond donors (Lipinski definition) is 0. The first kappa shape index (κ1) is 16.4. The van der Waals surface area contributed by atoms with Gasteiger partial charge in [0.15, 0.2) is 5.69 Å². The van der Waals surface area contributed by atoms with Crippen LogP contribution in [-0.4, -0.2) is 24.3 Å². The van der Waals surface area contributed by atoms with Crippen molar-refractivity contribution in [3.63, 3.8) is 0 Å². The second-order valence-corrected chi connectivity index (χ2v) is 8.25. The van der Waals surface area contributed by atoms with Crippen LogP contribution in [0.5, 0.6) is 0 Å². The molecule has 0 amide bonds. The third-order valence-corrected chi connectivity index (χ3v) is 6.78. The summed E-state index contributed by atoms with van der Waals surface area (Å²) < 4.78 is 64.1. The Morgan fingerprint density at radius 2 is 1.96 bits per heavy atom. The first-order valence-corrected chi connectivity index (χ1v) is 9.22. The average molecular weight is 362 g/mol. The number of alkyl halides is 3. The van der Waals surface area contributed by atoms with E-state index in [-0.39, 0.29) is 18.1 Å². The minimum Gasteiger partial charge on any atom is -0.235 e. The van der Waals surface area contributed by atoms with E-state index in [0.29, 0.717) is 12.0 Å². The number of hydrogen-bond acceptors (Lipinski definition) is 4. The lowest BCUT2D eigenvalue weighted by atomic mass is 10.1. The summed E-state index contributed by atoms with van der Waals surface area (Å²) in [6.07, 6.45) is -4.09. The summed E-state index contributed by atoms with van der Waals surface area (Å²) in [6.45, 7) is 0.162. The molecule has 0 spiro atoms. The topological polar surface area (TPSA) is 50.3 Å². The lowest BCUT2D eigenvalue weighted by molar-refractivity contribution is -0.140. The van der Waals surface area contributed by atoms with E-state index in [1.807, 2.05) is 0 Å². The van der Waals surface area contributed by atoms with Gasteiger partial charge in [-0.1, -0.05) is 30.3 Å². The van der Waals surface area contributed by atoms with Crippen molar-refractivity contribution in [3.8, 4) is 0 Å². The molecule has 124 valence electrons. The van der Waals surface area contributed by atoms with Gasteiger partial charge in [-0.3, -0.25) is 0 Å². The van der Waals surface area contributed by atoms with Crippen molar-refractivity contribution in [2.45, 2.75) is 24.4 Å². The summed E-state index contributed by atoms with van der Waals surface area (Å²) >= 11 is 0.824. The molecule has 1 aliphatic heterocycles. The largest absolute Gasteiger partial charge is 0.434 e. The van der Waals surface area contributed by atoms with Gasteiger partial charge in [-0.15, -0.1) is 11.3 Å². The fourth-order valence-corrected chi connectivity index (χ4v) is 5.38. The Balaban J connectivity index is 1.79. The molecule has 9 heteroatoms. The summed E-state index contributed by atoms with van der Waals surface area (Å²) in [4.78, 5) is 3.50.